The summed E-state index contributed by atoms with van der Waals surface area (Å²) in [6.07, 6.45) is 2.54. The number of fused-ring (bicyclic) bond motifs is 1. The number of benzene rings is 2. The van der Waals surface area contributed by atoms with Gasteiger partial charge in [0.1, 0.15) is 12.7 Å². The van der Waals surface area contributed by atoms with Crippen LogP contribution in [0.4, 0.5) is 5.69 Å². The fraction of sp³-hybridized carbons (Fsp3) is 0.400. The average Bonchev–Trinajstić information content (AvgIpc) is 2.62. The third-order valence-corrected chi connectivity index (χ3v) is 4.92. The maximum Gasteiger partial charge on any atom is 0.161 e. The van der Waals surface area contributed by atoms with Gasteiger partial charge < -0.3 is 15.2 Å². The first-order chi connectivity index (χ1) is 11.8. The molecule has 0 saturated carbocycles. The summed E-state index contributed by atoms with van der Waals surface area (Å²) < 4.78 is 11.9. The Hall–Kier alpha value is -2.20. The molecule has 24 heavy (non-hydrogen) atoms. The summed E-state index contributed by atoms with van der Waals surface area (Å²) in [5, 5.41) is 0. The zero-order valence-electron chi connectivity index (χ0n) is 13.9. The zero-order chi connectivity index (χ0) is 16.4. The second-order valence-corrected chi connectivity index (χ2v) is 6.77. The van der Waals surface area contributed by atoms with Gasteiger partial charge in [0.2, 0.25) is 0 Å². The highest BCUT2D eigenvalue weighted by atomic mass is 16.6. The van der Waals surface area contributed by atoms with Crippen molar-refractivity contribution < 1.29 is 9.47 Å². The van der Waals surface area contributed by atoms with E-state index in [1.807, 2.05) is 30.3 Å². The van der Waals surface area contributed by atoms with Crippen LogP contribution in [0.3, 0.4) is 0 Å². The number of nitrogens with zero attached hydrogens (tertiary/aromatic N) is 1. The molecule has 2 aliphatic heterocycles. The van der Waals surface area contributed by atoms with E-state index < -0.39 is 0 Å². The predicted octanol–water partition coefficient (Wildman–Crippen LogP) is 3.29. The standard InChI is InChI=1S/C20H24N2O2/c21-17-7-3-5-15(11-17)16-6-4-10-22(12-16)13-18-14-23-19-8-1-2-9-20(19)24-18/h1-3,5,7-9,11,16,18H,4,6,10,12-14,21H2/t16?,18-/m0/s1. The molecule has 4 rings (SSSR count). The summed E-state index contributed by atoms with van der Waals surface area (Å²) in [6.45, 7) is 3.72. The molecule has 1 unspecified atom stereocenters. The predicted molar refractivity (Wildman–Crippen MR) is 95.6 cm³/mol. The van der Waals surface area contributed by atoms with E-state index in [-0.39, 0.29) is 6.10 Å². The molecular weight excluding hydrogens is 300 g/mol. The minimum absolute atomic E-state index is 0.0968. The molecule has 0 aliphatic carbocycles. The first-order valence-corrected chi connectivity index (χ1v) is 8.74. The van der Waals surface area contributed by atoms with Gasteiger partial charge in [0, 0.05) is 18.8 Å². The van der Waals surface area contributed by atoms with Crippen molar-refractivity contribution in [1.82, 2.24) is 4.90 Å². The highest BCUT2D eigenvalue weighted by molar-refractivity contribution is 5.42. The smallest absolute Gasteiger partial charge is 0.161 e. The molecule has 2 atom stereocenters. The molecule has 2 aromatic carbocycles. The molecule has 2 heterocycles. The van der Waals surface area contributed by atoms with Crippen LogP contribution < -0.4 is 15.2 Å². The molecule has 1 fully saturated rings. The van der Waals surface area contributed by atoms with Gasteiger partial charge in [0.25, 0.3) is 0 Å². The summed E-state index contributed by atoms with van der Waals surface area (Å²) in [4.78, 5) is 2.50. The first-order valence-electron chi connectivity index (χ1n) is 8.74. The van der Waals surface area contributed by atoms with Crippen LogP contribution in [0.1, 0.15) is 24.3 Å². The van der Waals surface area contributed by atoms with Crippen molar-refractivity contribution in [3.63, 3.8) is 0 Å². The molecule has 2 aliphatic rings. The number of nitrogens with two attached hydrogens (primary N) is 1. The molecule has 0 spiro atoms. The van der Waals surface area contributed by atoms with E-state index in [9.17, 15) is 0 Å². The van der Waals surface area contributed by atoms with Crippen LogP contribution in [0.15, 0.2) is 48.5 Å². The van der Waals surface area contributed by atoms with Crippen LogP contribution >= 0.6 is 0 Å². The van der Waals surface area contributed by atoms with E-state index in [2.05, 4.69) is 23.1 Å². The highest BCUT2D eigenvalue weighted by Gasteiger charge is 2.27. The quantitative estimate of drug-likeness (QED) is 0.880. The Morgan fingerprint density at radius 3 is 2.83 bits per heavy atom. The monoisotopic (exact) mass is 324 g/mol. The molecule has 1 saturated heterocycles. The lowest BCUT2D eigenvalue weighted by Gasteiger charge is -2.36. The van der Waals surface area contributed by atoms with E-state index >= 15 is 0 Å². The van der Waals surface area contributed by atoms with Crippen molar-refractivity contribution in [1.29, 1.82) is 0 Å². The van der Waals surface area contributed by atoms with E-state index in [1.54, 1.807) is 0 Å². The van der Waals surface area contributed by atoms with Crippen molar-refractivity contribution in [3.8, 4) is 11.5 Å². The molecule has 0 radical (unpaired) electrons. The maximum absolute atomic E-state index is 6.11. The Balaban J connectivity index is 1.39. The lowest BCUT2D eigenvalue weighted by molar-refractivity contribution is 0.0505. The molecule has 4 nitrogen and oxygen atoms in total. The fourth-order valence-electron chi connectivity index (χ4n) is 3.75. The van der Waals surface area contributed by atoms with Crippen molar-refractivity contribution in [3.05, 3.63) is 54.1 Å². The van der Waals surface area contributed by atoms with Crippen LogP contribution in [0.25, 0.3) is 0 Å². The molecule has 0 bridgehead atoms. The minimum atomic E-state index is 0.0968. The normalized spacial score (nSPS) is 23.8. The molecule has 0 amide bonds. The van der Waals surface area contributed by atoms with Gasteiger partial charge in [-0.15, -0.1) is 0 Å². The van der Waals surface area contributed by atoms with Crippen LogP contribution in [-0.2, 0) is 0 Å². The molecular formula is C20H24N2O2. The SMILES string of the molecule is Nc1cccc(C2CCCN(C[C@H]3COc4ccccc4O3)C2)c1. The molecule has 126 valence electrons. The van der Waals surface area contributed by atoms with Gasteiger partial charge in [-0.25, -0.2) is 0 Å². The van der Waals surface area contributed by atoms with E-state index in [1.165, 1.54) is 18.4 Å². The Labute approximate surface area is 143 Å². The molecule has 2 N–H and O–H groups in total. The van der Waals surface area contributed by atoms with Crippen LogP contribution in [0, 0.1) is 0 Å². The van der Waals surface area contributed by atoms with Gasteiger partial charge >= 0.3 is 0 Å². The topological polar surface area (TPSA) is 47.7 Å². The molecule has 0 aromatic heterocycles. The third-order valence-electron chi connectivity index (χ3n) is 4.92. The van der Waals surface area contributed by atoms with E-state index in [0.29, 0.717) is 12.5 Å². The Kier molecular flexibility index (Phi) is 4.30. The number of hydrogen-bond donors (Lipinski definition) is 1. The summed E-state index contributed by atoms with van der Waals surface area (Å²) >= 11 is 0. The fourth-order valence-corrected chi connectivity index (χ4v) is 3.75. The van der Waals surface area contributed by atoms with Crippen LogP contribution in [-0.4, -0.2) is 37.2 Å². The number of likely N-dealkylation sites (tertiary alicyclic amines) is 1. The maximum atomic E-state index is 6.11. The molecule has 2 aromatic rings. The largest absolute Gasteiger partial charge is 0.486 e. The Morgan fingerprint density at radius 2 is 1.96 bits per heavy atom. The van der Waals surface area contributed by atoms with Crippen molar-refractivity contribution in [2.24, 2.45) is 0 Å². The van der Waals surface area contributed by atoms with Crippen LogP contribution in [0.5, 0.6) is 11.5 Å². The van der Waals surface area contributed by atoms with E-state index in [0.717, 1.165) is 36.8 Å². The second-order valence-electron chi connectivity index (χ2n) is 6.77. The third kappa shape index (κ3) is 3.34. The van der Waals surface area contributed by atoms with Crippen molar-refractivity contribution >= 4 is 5.69 Å². The lowest BCUT2D eigenvalue weighted by Crippen LogP contribution is -2.44. The van der Waals surface area contributed by atoms with Crippen molar-refractivity contribution in [2.45, 2.75) is 24.9 Å². The summed E-state index contributed by atoms with van der Waals surface area (Å²) in [5.41, 5.74) is 8.15. The highest BCUT2D eigenvalue weighted by Crippen LogP contribution is 2.32. The number of ether oxygens (including phenoxy) is 2. The van der Waals surface area contributed by atoms with Gasteiger partial charge in [-0.05, 0) is 55.1 Å². The number of nitrogen functional groups attached to an aromatic ring is 1. The number of piperidine rings is 1. The minimum Gasteiger partial charge on any atom is -0.486 e. The Morgan fingerprint density at radius 1 is 1.08 bits per heavy atom. The summed E-state index contributed by atoms with van der Waals surface area (Å²) in [5.74, 6) is 2.27. The lowest BCUT2D eigenvalue weighted by atomic mass is 9.90. The van der Waals surface area contributed by atoms with Gasteiger partial charge in [0.15, 0.2) is 11.5 Å². The first kappa shape index (κ1) is 15.3. The van der Waals surface area contributed by atoms with Crippen LogP contribution in [0.2, 0.25) is 0 Å². The number of anilines is 1. The Bertz CT molecular complexity index is 704. The van der Waals surface area contributed by atoms with Gasteiger partial charge in [-0.3, -0.25) is 4.90 Å². The summed E-state index contributed by atoms with van der Waals surface area (Å²) in [6, 6.07) is 16.2. The number of para-hydroxylation sites is 2. The second kappa shape index (κ2) is 6.73. The summed E-state index contributed by atoms with van der Waals surface area (Å²) in [7, 11) is 0. The van der Waals surface area contributed by atoms with Gasteiger partial charge in [-0.2, -0.15) is 0 Å². The zero-order valence-corrected chi connectivity index (χ0v) is 13.9. The van der Waals surface area contributed by atoms with E-state index in [4.69, 9.17) is 15.2 Å². The number of rotatable bonds is 3. The van der Waals surface area contributed by atoms with Gasteiger partial charge in [0.05, 0.1) is 0 Å². The average molecular weight is 324 g/mol. The van der Waals surface area contributed by atoms with Gasteiger partial charge in [-0.1, -0.05) is 24.3 Å². The number of hydrogen-bond acceptors (Lipinski definition) is 4. The van der Waals surface area contributed by atoms with Crippen molar-refractivity contribution in [2.75, 3.05) is 32.0 Å². The molecule has 4 heteroatoms.